The summed E-state index contributed by atoms with van der Waals surface area (Å²) in [4.78, 5) is 21.4. The molecule has 23 heavy (non-hydrogen) atoms. The Morgan fingerprint density at radius 3 is 2.87 bits per heavy atom. The number of benzene rings is 1. The number of esters is 1. The normalized spacial score (nSPS) is 10.7. The van der Waals surface area contributed by atoms with Crippen LogP contribution in [-0.2, 0) is 11.3 Å². The minimum absolute atomic E-state index is 0.275. The van der Waals surface area contributed by atoms with E-state index < -0.39 is 5.97 Å². The number of carbonyl (C=O) groups excluding carboxylic acids is 1. The number of nitrogens with one attached hydrogen (secondary N) is 1. The zero-order valence-corrected chi connectivity index (χ0v) is 13.4. The lowest BCUT2D eigenvalue weighted by Gasteiger charge is -2.08. The monoisotopic (exact) mass is 331 g/mol. The Kier molecular flexibility index (Phi) is 4.20. The molecule has 1 N–H and O–H groups in total. The Labute approximate surface area is 136 Å². The van der Waals surface area contributed by atoms with Crippen molar-refractivity contribution in [3.8, 4) is 0 Å². The molecule has 7 heteroatoms. The molecule has 0 aliphatic heterocycles. The van der Waals surface area contributed by atoms with Crippen LogP contribution < -0.4 is 5.32 Å². The van der Waals surface area contributed by atoms with Crippen LogP contribution in [0.25, 0.3) is 10.2 Å². The molecule has 0 radical (unpaired) electrons. The number of ether oxygens (including phenoxy) is 1. The third-order valence-corrected chi connectivity index (χ3v) is 4.68. The molecule has 2 heterocycles. The number of aromatic nitrogens is 2. The number of fused-ring (bicyclic) bond motifs is 1. The fourth-order valence-electron chi connectivity index (χ4n) is 2.31. The van der Waals surface area contributed by atoms with Crippen LogP contribution in [0.2, 0.25) is 0 Å². The van der Waals surface area contributed by atoms with Gasteiger partial charge >= 0.3 is 5.97 Å². The first-order chi connectivity index (χ1) is 11.1. The highest BCUT2D eigenvalue weighted by Gasteiger charge is 2.19. The average Bonchev–Trinajstić information content (AvgIpc) is 2.91. The SMILES string of the molecule is COC(=O)c1sc2ncnc(NCc3ccccc3F)c2c1C. The van der Waals surface area contributed by atoms with Crippen LogP contribution in [0.4, 0.5) is 10.2 Å². The summed E-state index contributed by atoms with van der Waals surface area (Å²) in [6.45, 7) is 2.12. The van der Waals surface area contributed by atoms with Crippen LogP contribution in [0.1, 0.15) is 20.8 Å². The molecule has 0 bridgehead atoms. The molecular formula is C16H14FN3O2S. The minimum Gasteiger partial charge on any atom is -0.465 e. The molecule has 0 unspecified atom stereocenters. The van der Waals surface area contributed by atoms with Crippen LogP contribution in [0.15, 0.2) is 30.6 Å². The molecule has 118 valence electrons. The van der Waals surface area contributed by atoms with Gasteiger partial charge in [-0.2, -0.15) is 0 Å². The van der Waals surface area contributed by atoms with Crippen LogP contribution in [0.3, 0.4) is 0 Å². The number of hydrogen-bond donors (Lipinski definition) is 1. The quantitative estimate of drug-likeness (QED) is 0.741. The van der Waals surface area contributed by atoms with Gasteiger partial charge in [0, 0.05) is 12.1 Å². The van der Waals surface area contributed by atoms with Gasteiger partial charge in [-0.15, -0.1) is 11.3 Å². The van der Waals surface area contributed by atoms with Crippen molar-refractivity contribution >= 4 is 33.3 Å². The molecule has 0 atom stereocenters. The van der Waals surface area contributed by atoms with E-state index in [-0.39, 0.29) is 5.82 Å². The van der Waals surface area contributed by atoms with E-state index in [4.69, 9.17) is 4.74 Å². The summed E-state index contributed by atoms with van der Waals surface area (Å²) in [5, 5.41) is 3.88. The fourth-order valence-corrected chi connectivity index (χ4v) is 3.38. The van der Waals surface area contributed by atoms with E-state index in [0.29, 0.717) is 27.6 Å². The van der Waals surface area contributed by atoms with E-state index >= 15 is 0 Å². The molecular weight excluding hydrogens is 317 g/mol. The first-order valence-corrected chi connectivity index (χ1v) is 7.73. The van der Waals surface area contributed by atoms with Gasteiger partial charge in [-0.1, -0.05) is 18.2 Å². The highest BCUT2D eigenvalue weighted by Crippen LogP contribution is 2.33. The average molecular weight is 331 g/mol. The Balaban J connectivity index is 1.96. The van der Waals surface area contributed by atoms with Gasteiger partial charge in [0.05, 0.1) is 12.5 Å². The lowest BCUT2D eigenvalue weighted by molar-refractivity contribution is 0.0605. The standard InChI is InChI=1S/C16H14FN3O2S/c1-9-12-14(18-7-10-5-3-4-6-11(10)17)19-8-20-15(12)23-13(9)16(21)22-2/h3-6,8H,7H2,1-2H3,(H,18,19,20). The molecule has 0 aliphatic rings. The number of halogens is 1. The minimum atomic E-state index is -0.398. The van der Waals surface area contributed by atoms with Gasteiger partial charge in [0.15, 0.2) is 0 Å². The molecule has 1 aromatic carbocycles. The maximum Gasteiger partial charge on any atom is 0.348 e. The Morgan fingerprint density at radius 1 is 1.35 bits per heavy atom. The zero-order valence-electron chi connectivity index (χ0n) is 12.6. The first-order valence-electron chi connectivity index (χ1n) is 6.91. The second-order valence-electron chi connectivity index (χ2n) is 4.90. The summed E-state index contributed by atoms with van der Waals surface area (Å²) in [7, 11) is 1.34. The predicted molar refractivity (Wildman–Crippen MR) is 87.2 cm³/mol. The van der Waals surface area contributed by atoms with E-state index in [1.165, 1.54) is 30.8 Å². The van der Waals surface area contributed by atoms with E-state index in [0.717, 1.165) is 10.9 Å². The van der Waals surface area contributed by atoms with Crippen LogP contribution in [-0.4, -0.2) is 23.0 Å². The van der Waals surface area contributed by atoms with Crippen LogP contribution in [0.5, 0.6) is 0 Å². The molecule has 0 saturated heterocycles. The van der Waals surface area contributed by atoms with E-state index in [1.807, 2.05) is 6.92 Å². The van der Waals surface area contributed by atoms with Gasteiger partial charge in [0.25, 0.3) is 0 Å². The highest BCUT2D eigenvalue weighted by molar-refractivity contribution is 7.20. The summed E-state index contributed by atoms with van der Waals surface area (Å²) in [6, 6.07) is 6.55. The molecule has 0 aliphatic carbocycles. The first kappa shape index (κ1) is 15.4. The lowest BCUT2D eigenvalue weighted by Crippen LogP contribution is -2.04. The lowest BCUT2D eigenvalue weighted by atomic mass is 10.2. The number of anilines is 1. The summed E-state index contributed by atoms with van der Waals surface area (Å²) < 4.78 is 18.5. The van der Waals surface area contributed by atoms with E-state index in [2.05, 4.69) is 15.3 Å². The van der Waals surface area contributed by atoms with Crippen molar-refractivity contribution < 1.29 is 13.9 Å². The van der Waals surface area contributed by atoms with Gasteiger partial charge in [0.2, 0.25) is 0 Å². The number of carbonyl (C=O) groups is 1. The molecule has 2 aromatic heterocycles. The summed E-state index contributed by atoms with van der Waals surface area (Å²) >= 11 is 1.26. The van der Waals surface area contributed by atoms with Crippen LogP contribution in [0, 0.1) is 12.7 Å². The maximum absolute atomic E-state index is 13.7. The van der Waals surface area contributed by atoms with Crippen LogP contribution >= 0.6 is 11.3 Å². The van der Waals surface area contributed by atoms with E-state index in [9.17, 15) is 9.18 Å². The van der Waals surface area contributed by atoms with Gasteiger partial charge in [-0.25, -0.2) is 19.2 Å². The van der Waals surface area contributed by atoms with Crippen molar-refractivity contribution in [2.45, 2.75) is 13.5 Å². The van der Waals surface area contributed by atoms with Crippen molar-refractivity contribution in [1.82, 2.24) is 9.97 Å². The summed E-state index contributed by atoms with van der Waals surface area (Å²) in [5.41, 5.74) is 1.30. The molecule has 0 amide bonds. The van der Waals surface area contributed by atoms with Gasteiger partial charge in [0.1, 0.15) is 27.7 Å². The molecule has 5 nitrogen and oxygen atoms in total. The number of rotatable bonds is 4. The molecule has 3 aromatic rings. The topological polar surface area (TPSA) is 64.1 Å². The van der Waals surface area contributed by atoms with Crippen molar-refractivity contribution in [2.75, 3.05) is 12.4 Å². The van der Waals surface area contributed by atoms with Crippen molar-refractivity contribution in [3.63, 3.8) is 0 Å². The van der Waals surface area contributed by atoms with Crippen molar-refractivity contribution in [3.05, 3.63) is 52.4 Å². The molecule has 0 saturated carbocycles. The Bertz CT molecular complexity index is 879. The number of hydrogen-bond acceptors (Lipinski definition) is 6. The van der Waals surface area contributed by atoms with Gasteiger partial charge in [-0.3, -0.25) is 0 Å². The predicted octanol–water partition coefficient (Wildman–Crippen LogP) is 3.54. The second-order valence-corrected chi connectivity index (χ2v) is 5.89. The maximum atomic E-state index is 13.7. The Hall–Kier alpha value is -2.54. The largest absolute Gasteiger partial charge is 0.465 e. The molecule has 3 rings (SSSR count). The van der Waals surface area contributed by atoms with Gasteiger partial charge in [-0.05, 0) is 18.6 Å². The Morgan fingerprint density at radius 2 is 2.13 bits per heavy atom. The fraction of sp³-hybridized carbons (Fsp3) is 0.188. The number of aryl methyl sites for hydroxylation is 1. The summed E-state index contributed by atoms with van der Waals surface area (Å²) in [5.74, 6) is -0.102. The zero-order chi connectivity index (χ0) is 16.4. The van der Waals surface area contributed by atoms with Crippen molar-refractivity contribution in [1.29, 1.82) is 0 Å². The number of nitrogens with zero attached hydrogens (tertiary/aromatic N) is 2. The smallest absolute Gasteiger partial charge is 0.348 e. The second kappa shape index (κ2) is 6.29. The number of thiophene rings is 1. The highest BCUT2D eigenvalue weighted by atomic mass is 32.1. The third-order valence-electron chi connectivity index (χ3n) is 3.50. The van der Waals surface area contributed by atoms with Gasteiger partial charge < -0.3 is 10.1 Å². The summed E-state index contributed by atoms with van der Waals surface area (Å²) in [6.07, 6.45) is 1.42. The third kappa shape index (κ3) is 2.87. The molecule has 0 fully saturated rings. The van der Waals surface area contributed by atoms with E-state index in [1.54, 1.807) is 18.2 Å². The number of methoxy groups -OCH3 is 1. The van der Waals surface area contributed by atoms with Crippen molar-refractivity contribution in [2.24, 2.45) is 0 Å². The molecule has 0 spiro atoms.